The Hall–Kier alpha value is -2.73. The molecule has 0 unspecified atom stereocenters. The van der Waals surface area contributed by atoms with E-state index in [4.69, 9.17) is 10.5 Å². The molecular weight excluding hydrogens is 374 g/mol. The molecule has 0 atom stereocenters. The fourth-order valence-electron chi connectivity index (χ4n) is 3.70. The van der Waals surface area contributed by atoms with Gasteiger partial charge in [-0.15, -0.1) is 0 Å². The molecule has 2 aromatic carbocycles. The molecule has 1 fully saturated rings. The van der Waals surface area contributed by atoms with Crippen molar-refractivity contribution in [2.75, 3.05) is 57.8 Å². The molecule has 0 aliphatic carbocycles. The number of anilines is 1. The summed E-state index contributed by atoms with van der Waals surface area (Å²) in [5, 5.41) is 3.20. The highest BCUT2D eigenvalue weighted by Crippen LogP contribution is 2.15. The molecule has 6 heteroatoms. The lowest BCUT2D eigenvalue weighted by Crippen LogP contribution is -2.46. The standard InChI is InChI=1S/C24H35N5O/c1-30-23-11-9-21(10-12-23)13-15-27-24(25)26-14-5-6-16-28-17-19-29(20-18-28)22-7-3-2-4-8-22/h2-4,7-12H,5-6,13-20H2,1H3,(H3,25,26,27). The van der Waals surface area contributed by atoms with Crippen LogP contribution in [0.5, 0.6) is 5.75 Å². The molecule has 30 heavy (non-hydrogen) atoms. The van der Waals surface area contributed by atoms with Gasteiger partial charge in [-0.05, 0) is 55.6 Å². The lowest BCUT2D eigenvalue weighted by Gasteiger charge is -2.36. The fraction of sp³-hybridized carbons (Fsp3) is 0.458. The number of benzene rings is 2. The average molecular weight is 410 g/mol. The van der Waals surface area contributed by atoms with E-state index in [0.717, 1.165) is 70.8 Å². The van der Waals surface area contributed by atoms with E-state index in [0.29, 0.717) is 5.96 Å². The number of hydrogen-bond acceptors (Lipinski definition) is 4. The van der Waals surface area contributed by atoms with E-state index < -0.39 is 0 Å². The molecule has 0 saturated carbocycles. The van der Waals surface area contributed by atoms with Crippen LogP contribution in [-0.2, 0) is 6.42 Å². The lowest BCUT2D eigenvalue weighted by atomic mass is 10.1. The van der Waals surface area contributed by atoms with Crippen molar-refractivity contribution < 1.29 is 4.74 Å². The first-order chi connectivity index (χ1) is 14.7. The van der Waals surface area contributed by atoms with Gasteiger partial charge in [-0.3, -0.25) is 9.89 Å². The Morgan fingerprint density at radius 3 is 2.43 bits per heavy atom. The summed E-state index contributed by atoms with van der Waals surface area (Å²) < 4.78 is 5.18. The van der Waals surface area contributed by atoms with Gasteiger partial charge in [-0.25, -0.2) is 0 Å². The molecule has 2 aromatic rings. The van der Waals surface area contributed by atoms with Crippen molar-refractivity contribution in [1.82, 2.24) is 10.2 Å². The first-order valence-corrected chi connectivity index (χ1v) is 10.9. The van der Waals surface area contributed by atoms with Crippen LogP contribution in [0.4, 0.5) is 5.69 Å². The first-order valence-electron chi connectivity index (χ1n) is 10.9. The van der Waals surface area contributed by atoms with Gasteiger partial charge >= 0.3 is 0 Å². The zero-order valence-corrected chi connectivity index (χ0v) is 18.1. The van der Waals surface area contributed by atoms with Crippen LogP contribution in [0.2, 0.25) is 0 Å². The van der Waals surface area contributed by atoms with E-state index >= 15 is 0 Å². The lowest BCUT2D eigenvalue weighted by molar-refractivity contribution is 0.253. The van der Waals surface area contributed by atoms with Crippen LogP contribution in [0.3, 0.4) is 0 Å². The molecule has 162 valence electrons. The molecule has 1 heterocycles. The zero-order valence-electron chi connectivity index (χ0n) is 18.1. The van der Waals surface area contributed by atoms with E-state index in [1.54, 1.807) is 7.11 Å². The SMILES string of the molecule is COc1ccc(CCNC(N)=NCCCCN2CCN(c3ccccc3)CC2)cc1. The minimum absolute atomic E-state index is 0.542. The molecule has 1 aliphatic heterocycles. The topological polar surface area (TPSA) is 66.1 Å². The summed E-state index contributed by atoms with van der Waals surface area (Å²) in [6, 6.07) is 18.8. The van der Waals surface area contributed by atoms with Gasteiger partial charge < -0.3 is 20.7 Å². The first kappa shape index (κ1) is 22.0. The molecule has 3 rings (SSSR count). The zero-order chi connectivity index (χ0) is 21.0. The molecule has 0 amide bonds. The van der Waals surface area contributed by atoms with Crippen LogP contribution in [0.1, 0.15) is 18.4 Å². The second-order valence-electron chi connectivity index (χ2n) is 7.66. The molecule has 0 bridgehead atoms. The maximum absolute atomic E-state index is 5.98. The van der Waals surface area contributed by atoms with Crippen molar-refractivity contribution in [2.45, 2.75) is 19.3 Å². The molecular formula is C24H35N5O. The fourth-order valence-corrected chi connectivity index (χ4v) is 3.70. The minimum Gasteiger partial charge on any atom is -0.497 e. The molecule has 1 saturated heterocycles. The third-order valence-corrected chi connectivity index (χ3v) is 5.54. The molecule has 0 spiro atoms. The Kier molecular flexibility index (Phi) is 8.84. The number of aliphatic imine (C=N–C) groups is 1. The largest absolute Gasteiger partial charge is 0.497 e. The molecule has 0 aromatic heterocycles. The number of unbranched alkanes of at least 4 members (excludes halogenated alkanes) is 1. The second-order valence-corrected chi connectivity index (χ2v) is 7.66. The van der Waals surface area contributed by atoms with Crippen molar-refractivity contribution in [1.29, 1.82) is 0 Å². The van der Waals surface area contributed by atoms with Gasteiger partial charge in [0.2, 0.25) is 0 Å². The molecule has 3 N–H and O–H groups in total. The third-order valence-electron chi connectivity index (χ3n) is 5.54. The predicted octanol–water partition coefficient (Wildman–Crippen LogP) is 2.74. The number of piperazine rings is 1. The van der Waals surface area contributed by atoms with Crippen molar-refractivity contribution in [3.05, 3.63) is 60.2 Å². The van der Waals surface area contributed by atoms with Gasteiger partial charge in [-0.2, -0.15) is 0 Å². The van der Waals surface area contributed by atoms with Gasteiger partial charge in [0, 0.05) is 45.0 Å². The highest BCUT2D eigenvalue weighted by molar-refractivity contribution is 5.77. The maximum Gasteiger partial charge on any atom is 0.188 e. The summed E-state index contributed by atoms with van der Waals surface area (Å²) in [5.41, 5.74) is 8.57. The summed E-state index contributed by atoms with van der Waals surface area (Å²) in [6.07, 6.45) is 3.14. The van der Waals surface area contributed by atoms with E-state index in [2.05, 4.69) is 62.6 Å². The summed E-state index contributed by atoms with van der Waals surface area (Å²) in [7, 11) is 1.68. The number of guanidine groups is 1. The second kappa shape index (κ2) is 12.1. The van der Waals surface area contributed by atoms with Crippen LogP contribution >= 0.6 is 0 Å². The van der Waals surface area contributed by atoms with Gasteiger partial charge in [-0.1, -0.05) is 30.3 Å². The number of hydrogen-bond donors (Lipinski definition) is 2. The van der Waals surface area contributed by atoms with Gasteiger partial charge in [0.1, 0.15) is 5.75 Å². The van der Waals surface area contributed by atoms with Gasteiger partial charge in [0.25, 0.3) is 0 Å². The summed E-state index contributed by atoms with van der Waals surface area (Å²) >= 11 is 0. The maximum atomic E-state index is 5.98. The molecule has 6 nitrogen and oxygen atoms in total. The minimum atomic E-state index is 0.542. The van der Waals surface area contributed by atoms with E-state index in [1.807, 2.05) is 12.1 Å². The van der Waals surface area contributed by atoms with Crippen LogP contribution in [-0.4, -0.2) is 63.8 Å². The van der Waals surface area contributed by atoms with Crippen molar-refractivity contribution in [3.8, 4) is 5.75 Å². The number of nitrogens with one attached hydrogen (secondary N) is 1. The monoisotopic (exact) mass is 409 g/mol. The number of methoxy groups -OCH3 is 1. The molecule has 1 aliphatic rings. The van der Waals surface area contributed by atoms with Gasteiger partial charge in [0.05, 0.1) is 7.11 Å². The van der Waals surface area contributed by atoms with Crippen LogP contribution in [0, 0.1) is 0 Å². The predicted molar refractivity (Wildman–Crippen MR) is 126 cm³/mol. The number of nitrogens with two attached hydrogens (primary N) is 1. The van der Waals surface area contributed by atoms with Crippen molar-refractivity contribution >= 4 is 11.6 Å². The van der Waals surface area contributed by atoms with Crippen molar-refractivity contribution in [3.63, 3.8) is 0 Å². The third kappa shape index (κ3) is 7.26. The Bertz CT molecular complexity index is 755. The van der Waals surface area contributed by atoms with Gasteiger partial charge in [0.15, 0.2) is 5.96 Å². The normalized spacial score (nSPS) is 15.2. The van der Waals surface area contributed by atoms with Crippen LogP contribution in [0.25, 0.3) is 0 Å². The summed E-state index contributed by atoms with van der Waals surface area (Å²) in [6.45, 7) is 7.18. The quantitative estimate of drug-likeness (QED) is 0.359. The Morgan fingerprint density at radius 2 is 1.73 bits per heavy atom. The van der Waals surface area contributed by atoms with E-state index in [-0.39, 0.29) is 0 Å². The number of nitrogens with zero attached hydrogens (tertiary/aromatic N) is 3. The van der Waals surface area contributed by atoms with Crippen LogP contribution in [0.15, 0.2) is 59.6 Å². The van der Waals surface area contributed by atoms with E-state index in [9.17, 15) is 0 Å². The molecule has 0 radical (unpaired) electrons. The van der Waals surface area contributed by atoms with Crippen LogP contribution < -0.4 is 20.7 Å². The highest BCUT2D eigenvalue weighted by Gasteiger charge is 2.16. The number of ether oxygens (including phenoxy) is 1. The highest BCUT2D eigenvalue weighted by atomic mass is 16.5. The number of para-hydroxylation sites is 1. The van der Waals surface area contributed by atoms with E-state index in [1.165, 1.54) is 11.3 Å². The van der Waals surface area contributed by atoms with Crippen molar-refractivity contribution in [2.24, 2.45) is 10.7 Å². The Morgan fingerprint density at radius 1 is 1.00 bits per heavy atom. The Balaban J connectivity index is 1.23. The Labute approximate surface area is 180 Å². The summed E-state index contributed by atoms with van der Waals surface area (Å²) in [5.74, 6) is 1.42. The smallest absolute Gasteiger partial charge is 0.188 e. The average Bonchev–Trinajstić information content (AvgIpc) is 2.80. The summed E-state index contributed by atoms with van der Waals surface area (Å²) in [4.78, 5) is 9.48. The number of rotatable bonds is 10.